The zero-order valence-corrected chi connectivity index (χ0v) is 12.7. The second-order valence-corrected chi connectivity index (χ2v) is 6.48. The Balaban J connectivity index is 2.29. The normalized spacial score (nSPS) is 12.6. The van der Waals surface area contributed by atoms with Crippen molar-refractivity contribution in [3.05, 3.63) is 58.9 Å². The number of benzene rings is 1. The van der Waals surface area contributed by atoms with Crippen LogP contribution in [-0.4, -0.2) is 13.4 Å². The van der Waals surface area contributed by atoms with E-state index in [1.54, 1.807) is 37.3 Å². The molecule has 1 aromatic carbocycles. The minimum Gasteiger partial charge on any atom is -0.244 e. The maximum absolute atomic E-state index is 12.3. The van der Waals surface area contributed by atoms with Gasteiger partial charge in [-0.25, -0.2) is 18.1 Å². The third-order valence-electron chi connectivity index (χ3n) is 2.87. The predicted molar refractivity (Wildman–Crippen MR) is 79.1 cm³/mol. The lowest BCUT2D eigenvalue weighted by molar-refractivity contribution is 0.566. The molecule has 0 aliphatic carbocycles. The van der Waals surface area contributed by atoms with E-state index < -0.39 is 16.1 Å². The van der Waals surface area contributed by atoms with Gasteiger partial charge in [0.2, 0.25) is 10.0 Å². The molecule has 0 aliphatic heterocycles. The number of sulfonamides is 1. The number of hydrogen-bond donors (Lipinski definition) is 1. The monoisotopic (exact) mass is 321 g/mol. The summed E-state index contributed by atoms with van der Waals surface area (Å²) in [5.41, 5.74) is 0.638. The van der Waals surface area contributed by atoms with Gasteiger partial charge in [-0.2, -0.15) is 5.26 Å². The number of halogens is 1. The maximum atomic E-state index is 12.3. The molecule has 1 N–H and O–H groups in total. The highest BCUT2D eigenvalue weighted by Crippen LogP contribution is 2.20. The zero-order valence-electron chi connectivity index (χ0n) is 11.1. The lowest BCUT2D eigenvalue weighted by Gasteiger charge is -2.15. The minimum absolute atomic E-state index is 0.131. The molecule has 1 unspecified atom stereocenters. The van der Waals surface area contributed by atoms with Crippen molar-refractivity contribution in [1.29, 1.82) is 5.26 Å². The molecule has 0 saturated heterocycles. The van der Waals surface area contributed by atoms with E-state index in [-0.39, 0.29) is 10.6 Å². The molecule has 1 atom stereocenters. The third kappa shape index (κ3) is 3.58. The summed E-state index contributed by atoms with van der Waals surface area (Å²) in [4.78, 5) is 3.63. The smallest absolute Gasteiger partial charge is 0.244 e. The van der Waals surface area contributed by atoms with Crippen molar-refractivity contribution in [3.63, 3.8) is 0 Å². The van der Waals surface area contributed by atoms with Crippen LogP contribution in [0.15, 0.2) is 47.5 Å². The number of nitrogens with zero attached hydrogens (tertiary/aromatic N) is 2. The van der Waals surface area contributed by atoms with E-state index in [4.69, 9.17) is 16.9 Å². The number of pyridine rings is 1. The Kier molecular flexibility index (Phi) is 4.58. The van der Waals surface area contributed by atoms with Gasteiger partial charge in [-0.15, -0.1) is 0 Å². The lowest BCUT2D eigenvalue weighted by atomic mass is 10.1. The van der Waals surface area contributed by atoms with E-state index in [0.29, 0.717) is 5.02 Å². The molecule has 0 spiro atoms. The fraction of sp³-hybridized carbons (Fsp3) is 0.143. The fourth-order valence-corrected chi connectivity index (χ4v) is 3.27. The summed E-state index contributed by atoms with van der Waals surface area (Å²) >= 11 is 5.80. The van der Waals surface area contributed by atoms with Gasteiger partial charge >= 0.3 is 0 Å². The Labute approximate surface area is 128 Å². The quantitative estimate of drug-likeness (QED) is 0.938. The summed E-state index contributed by atoms with van der Waals surface area (Å²) in [5, 5.41) is 9.52. The summed E-state index contributed by atoms with van der Waals surface area (Å²) < 4.78 is 27.2. The van der Waals surface area contributed by atoms with Gasteiger partial charge in [0, 0.05) is 17.3 Å². The standard InChI is InChI=1S/C14H12ClN3O2S/c1-10(11-4-6-12(15)7-5-11)18-21(19,20)14-3-2-8-17-13(14)9-16/h2-8,10,18H,1H3. The van der Waals surface area contributed by atoms with Crippen LogP contribution >= 0.6 is 11.6 Å². The number of nitriles is 1. The van der Waals surface area contributed by atoms with Gasteiger partial charge in [0.1, 0.15) is 11.0 Å². The van der Waals surface area contributed by atoms with Crippen LogP contribution < -0.4 is 4.72 Å². The molecule has 2 rings (SSSR count). The average molecular weight is 322 g/mol. The molecule has 0 radical (unpaired) electrons. The van der Waals surface area contributed by atoms with E-state index in [2.05, 4.69) is 9.71 Å². The maximum Gasteiger partial charge on any atom is 0.244 e. The first-order chi connectivity index (χ1) is 9.94. The van der Waals surface area contributed by atoms with Crippen LogP contribution in [-0.2, 0) is 10.0 Å². The number of nitrogens with one attached hydrogen (secondary N) is 1. The first-order valence-corrected chi connectivity index (χ1v) is 7.93. The molecule has 2 aromatic rings. The van der Waals surface area contributed by atoms with E-state index in [1.165, 1.54) is 18.3 Å². The van der Waals surface area contributed by atoms with Crippen molar-refractivity contribution in [2.24, 2.45) is 0 Å². The first kappa shape index (κ1) is 15.4. The molecule has 7 heteroatoms. The first-order valence-electron chi connectivity index (χ1n) is 6.07. The van der Waals surface area contributed by atoms with Gasteiger partial charge in [0.15, 0.2) is 5.69 Å². The topological polar surface area (TPSA) is 82.8 Å². The Morgan fingerprint density at radius 2 is 1.95 bits per heavy atom. The van der Waals surface area contributed by atoms with Crippen LogP contribution in [0.25, 0.3) is 0 Å². The van der Waals surface area contributed by atoms with Gasteiger partial charge in [0.05, 0.1) is 0 Å². The van der Waals surface area contributed by atoms with E-state index in [1.807, 2.05) is 0 Å². The molecular formula is C14H12ClN3O2S. The third-order valence-corrected chi connectivity index (χ3v) is 4.69. The number of rotatable bonds is 4. The molecular weight excluding hydrogens is 310 g/mol. The number of hydrogen-bond acceptors (Lipinski definition) is 4. The van der Waals surface area contributed by atoms with Gasteiger partial charge in [-0.1, -0.05) is 23.7 Å². The highest BCUT2D eigenvalue weighted by Gasteiger charge is 2.22. The van der Waals surface area contributed by atoms with E-state index >= 15 is 0 Å². The highest BCUT2D eigenvalue weighted by molar-refractivity contribution is 7.89. The molecule has 5 nitrogen and oxygen atoms in total. The van der Waals surface area contributed by atoms with Crippen LogP contribution in [0.2, 0.25) is 5.02 Å². The SMILES string of the molecule is CC(NS(=O)(=O)c1cccnc1C#N)c1ccc(Cl)cc1. The summed E-state index contributed by atoms with van der Waals surface area (Å²) in [6.07, 6.45) is 1.38. The Morgan fingerprint density at radius 3 is 2.57 bits per heavy atom. The van der Waals surface area contributed by atoms with Crippen molar-refractivity contribution >= 4 is 21.6 Å². The van der Waals surface area contributed by atoms with Crippen LogP contribution in [0.5, 0.6) is 0 Å². The van der Waals surface area contributed by atoms with Crippen LogP contribution in [0.1, 0.15) is 24.2 Å². The minimum atomic E-state index is -3.83. The van der Waals surface area contributed by atoms with Crippen LogP contribution in [0.3, 0.4) is 0 Å². The lowest BCUT2D eigenvalue weighted by Crippen LogP contribution is -2.27. The molecule has 0 bridgehead atoms. The van der Waals surface area contributed by atoms with Crippen molar-refractivity contribution < 1.29 is 8.42 Å². The fourth-order valence-electron chi connectivity index (χ4n) is 1.81. The highest BCUT2D eigenvalue weighted by atomic mass is 35.5. The summed E-state index contributed by atoms with van der Waals surface area (Å²) in [5.74, 6) is 0. The van der Waals surface area contributed by atoms with Crippen LogP contribution in [0.4, 0.5) is 0 Å². The van der Waals surface area contributed by atoms with Crippen LogP contribution in [0, 0.1) is 11.3 Å². The predicted octanol–water partition coefficient (Wildman–Crippen LogP) is 2.65. The largest absolute Gasteiger partial charge is 0.244 e. The van der Waals surface area contributed by atoms with Gasteiger partial charge in [0.25, 0.3) is 0 Å². The molecule has 0 amide bonds. The van der Waals surface area contributed by atoms with Gasteiger partial charge in [-0.3, -0.25) is 0 Å². The van der Waals surface area contributed by atoms with Crippen molar-refractivity contribution in [2.45, 2.75) is 17.9 Å². The van der Waals surface area contributed by atoms with E-state index in [0.717, 1.165) is 5.56 Å². The Hall–Kier alpha value is -1.94. The van der Waals surface area contributed by atoms with Crippen molar-refractivity contribution in [1.82, 2.24) is 9.71 Å². The molecule has 1 aromatic heterocycles. The molecule has 0 saturated carbocycles. The summed E-state index contributed by atoms with van der Waals surface area (Å²) in [6.45, 7) is 1.71. The molecule has 0 fully saturated rings. The molecule has 1 heterocycles. The van der Waals surface area contributed by atoms with E-state index in [9.17, 15) is 8.42 Å². The van der Waals surface area contributed by atoms with Crippen molar-refractivity contribution in [3.8, 4) is 6.07 Å². The molecule has 0 aliphatic rings. The van der Waals surface area contributed by atoms with Gasteiger partial charge in [-0.05, 0) is 36.8 Å². The summed E-state index contributed by atoms with van der Waals surface area (Å²) in [6, 6.07) is 11.0. The number of aromatic nitrogens is 1. The molecule has 108 valence electrons. The average Bonchev–Trinajstić information content (AvgIpc) is 2.47. The zero-order chi connectivity index (χ0) is 15.5. The van der Waals surface area contributed by atoms with Gasteiger partial charge < -0.3 is 0 Å². The second kappa shape index (κ2) is 6.22. The Bertz CT molecular complexity index is 783. The second-order valence-electron chi connectivity index (χ2n) is 4.36. The van der Waals surface area contributed by atoms with Crippen molar-refractivity contribution in [2.75, 3.05) is 0 Å². The Morgan fingerprint density at radius 1 is 1.29 bits per heavy atom. The molecule has 21 heavy (non-hydrogen) atoms. The summed E-state index contributed by atoms with van der Waals surface area (Å²) in [7, 11) is -3.83.